The number of nitrogens with one attached hydrogen (secondary N) is 2. The van der Waals surface area contributed by atoms with Crippen molar-refractivity contribution in [3.05, 3.63) is 50.8 Å². The van der Waals surface area contributed by atoms with Gasteiger partial charge in [-0.1, -0.05) is 24.4 Å². The van der Waals surface area contributed by atoms with Gasteiger partial charge in [-0.25, -0.2) is 9.97 Å². The highest BCUT2D eigenvalue weighted by Gasteiger charge is 2.30. The molecular formula is C22H25ClN6O2S. The summed E-state index contributed by atoms with van der Waals surface area (Å²) < 4.78 is 1.74. The maximum Gasteiger partial charge on any atom is 0.280 e. The zero-order valence-electron chi connectivity index (χ0n) is 17.8. The van der Waals surface area contributed by atoms with Crippen LogP contribution in [0.4, 0.5) is 0 Å². The molecule has 2 amide bonds. The quantitative estimate of drug-likeness (QED) is 0.609. The molecule has 0 radical (unpaired) electrons. The van der Waals surface area contributed by atoms with Crippen LogP contribution in [-0.2, 0) is 13.0 Å². The van der Waals surface area contributed by atoms with E-state index in [-0.39, 0.29) is 23.9 Å². The number of aromatic nitrogens is 3. The number of imidazole rings is 1. The van der Waals surface area contributed by atoms with E-state index in [1.165, 1.54) is 16.2 Å². The van der Waals surface area contributed by atoms with Gasteiger partial charge in [-0.05, 0) is 32.0 Å². The van der Waals surface area contributed by atoms with Crippen LogP contribution < -0.4 is 10.6 Å². The van der Waals surface area contributed by atoms with Crippen LogP contribution in [0.1, 0.15) is 56.5 Å². The Hall–Kier alpha value is -2.49. The molecule has 1 fully saturated rings. The summed E-state index contributed by atoms with van der Waals surface area (Å²) in [6.45, 7) is 1.80. The number of thiazole rings is 1. The standard InChI is InChI=1S/C22H25ClN6O2S/c1-28-9-8-16-18(12-28)32-22(27-16)21(31)26-15-5-3-2-4-14(15)25-20(30)17-11-29-10-13(23)6-7-19(29)24-17/h6-7,10-11,14-15H,2-5,8-9,12H2,1H3,(H,25,30)(H,26,31)/t14-,15+/m0/s1. The molecular weight excluding hydrogens is 448 g/mol. The molecule has 168 valence electrons. The summed E-state index contributed by atoms with van der Waals surface area (Å²) in [4.78, 5) is 38.2. The van der Waals surface area contributed by atoms with E-state index < -0.39 is 0 Å². The number of carbonyl (C=O) groups excluding carboxylic acids is 2. The molecule has 1 aliphatic heterocycles. The summed E-state index contributed by atoms with van der Waals surface area (Å²) in [7, 11) is 2.08. The molecule has 4 heterocycles. The monoisotopic (exact) mass is 472 g/mol. The zero-order valence-corrected chi connectivity index (χ0v) is 19.4. The van der Waals surface area contributed by atoms with E-state index in [1.54, 1.807) is 28.9 Å². The number of carbonyl (C=O) groups is 2. The number of hydrogen-bond acceptors (Lipinski definition) is 6. The lowest BCUT2D eigenvalue weighted by atomic mass is 9.90. The van der Waals surface area contributed by atoms with E-state index in [2.05, 4.69) is 32.5 Å². The minimum atomic E-state index is -0.247. The van der Waals surface area contributed by atoms with Crippen LogP contribution in [0.5, 0.6) is 0 Å². The molecule has 1 aliphatic carbocycles. The van der Waals surface area contributed by atoms with Gasteiger partial charge >= 0.3 is 0 Å². The van der Waals surface area contributed by atoms with E-state index in [1.807, 2.05) is 0 Å². The highest BCUT2D eigenvalue weighted by molar-refractivity contribution is 7.13. The molecule has 2 atom stereocenters. The van der Waals surface area contributed by atoms with Crippen LogP contribution in [0.2, 0.25) is 5.02 Å². The van der Waals surface area contributed by atoms with Gasteiger partial charge in [-0.3, -0.25) is 9.59 Å². The van der Waals surface area contributed by atoms with Crippen molar-refractivity contribution in [1.82, 2.24) is 29.9 Å². The molecule has 8 nitrogen and oxygen atoms in total. The first kappa shape index (κ1) is 21.4. The second-order valence-corrected chi connectivity index (χ2v) is 10.1. The second-order valence-electron chi connectivity index (χ2n) is 8.56. The van der Waals surface area contributed by atoms with Gasteiger partial charge in [0.2, 0.25) is 0 Å². The maximum absolute atomic E-state index is 12.9. The number of halogens is 1. The van der Waals surface area contributed by atoms with Crippen molar-refractivity contribution < 1.29 is 9.59 Å². The van der Waals surface area contributed by atoms with Crippen molar-refractivity contribution in [2.75, 3.05) is 13.6 Å². The highest BCUT2D eigenvalue weighted by Crippen LogP contribution is 2.25. The molecule has 0 aromatic carbocycles. The van der Waals surface area contributed by atoms with Crippen LogP contribution in [0.25, 0.3) is 5.65 Å². The normalized spacial score (nSPS) is 21.3. The highest BCUT2D eigenvalue weighted by atomic mass is 35.5. The zero-order chi connectivity index (χ0) is 22.2. The Morgan fingerprint density at radius 2 is 1.84 bits per heavy atom. The fourth-order valence-corrected chi connectivity index (χ4v) is 5.70. The minimum Gasteiger partial charge on any atom is -0.346 e. The van der Waals surface area contributed by atoms with Gasteiger partial charge in [0.25, 0.3) is 11.8 Å². The summed E-state index contributed by atoms with van der Waals surface area (Å²) in [6.07, 6.45) is 7.93. The van der Waals surface area contributed by atoms with Crippen molar-refractivity contribution in [2.45, 2.75) is 50.7 Å². The fourth-order valence-electron chi connectivity index (χ4n) is 4.44. The van der Waals surface area contributed by atoms with E-state index in [9.17, 15) is 9.59 Å². The van der Waals surface area contributed by atoms with Crippen molar-refractivity contribution in [3.63, 3.8) is 0 Å². The van der Waals surface area contributed by atoms with Gasteiger partial charge in [0.1, 0.15) is 11.3 Å². The number of fused-ring (bicyclic) bond motifs is 2. The predicted molar refractivity (Wildman–Crippen MR) is 123 cm³/mol. The Balaban J connectivity index is 1.27. The lowest BCUT2D eigenvalue weighted by molar-refractivity contribution is 0.0860. The van der Waals surface area contributed by atoms with Gasteiger partial charge < -0.3 is 19.9 Å². The number of amides is 2. The first-order valence-electron chi connectivity index (χ1n) is 10.9. The summed E-state index contributed by atoms with van der Waals surface area (Å²) in [5, 5.41) is 7.31. The third kappa shape index (κ3) is 4.37. The van der Waals surface area contributed by atoms with Crippen LogP contribution >= 0.6 is 22.9 Å². The predicted octanol–water partition coefficient (Wildman–Crippen LogP) is 2.90. The minimum absolute atomic E-state index is 0.129. The van der Waals surface area contributed by atoms with Gasteiger partial charge in [-0.2, -0.15) is 0 Å². The molecule has 0 bridgehead atoms. The van der Waals surface area contributed by atoms with Crippen molar-refractivity contribution in [1.29, 1.82) is 0 Å². The molecule has 0 saturated heterocycles. The second kappa shape index (κ2) is 8.80. The Labute approximate surface area is 195 Å². The van der Waals surface area contributed by atoms with E-state index in [0.29, 0.717) is 21.4 Å². The summed E-state index contributed by atoms with van der Waals surface area (Å²) in [6, 6.07) is 3.24. The van der Waals surface area contributed by atoms with Crippen LogP contribution in [-0.4, -0.2) is 56.8 Å². The Bertz CT molecular complexity index is 1170. The Kier molecular flexibility index (Phi) is 5.88. The molecule has 2 aliphatic rings. The molecule has 32 heavy (non-hydrogen) atoms. The van der Waals surface area contributed by atoms with Crippen molar-refractivity contribution in [2.24, 2.45) is 0 Å². The number of hydrogen-bond donors (Lipinski definition) is 2. The Morgan fingerprint density at radius 1 is 1.09 bits per heavy atom. The van der Waals surface area contributed by atoms with Crippen LogP contribution in [0.15, 0.2) is 24.5 Å². The fraction of sp³-hybridized carbons (Fsp3) is 0.455. The number of nitrogens with zero attached hydrogens (tertiary/aromatic N) is 4. The van der Waals surface area contributed by atoms with Gasteiger partial charge in [0, 0.05) is 48.9 Å². The smallest absolute Gasteiger partial charge is 0.280 e. The van der Waals surface area contributed by atoms with E-state index in [0.717, 1.165) is 50.9 Å². The van der Waals surface area contributed by atoms with Crippen LogP contribution in [0, 0.1) is 0 Å². The molecule has 5 rings (SSSR count). The van der Waals surface area contributed by atoms with E-state index in [4.69, 9.17) is 11.6 Å². The molecule has 0 unspecified atom stereocenters. The SMILES string of the molecule is CN1CCc2nc(C(=O)N[C@@H]3CCCC[C@@H]3NC(=O)c3cn4cc(Cl)ccc4n3)sc2C1. The number of rotatable bonds is 4. The lowest BCUT2D eigenvalue weighted by Crippen LogP contribution is -2.53. The number of likely N-dealkylation sites (N-methyl/N-ethyl adjacent to an activating group) is 1. The average molecular weight is 473 g/mol. The van der Waals surface area contributed by atoms with Gasteiger partial charge in [0.05, 0.1) is 10.7 Å². The Morgan fingerprint density at radius 3 is 2.62 bits per heavy atom. The third-order valence-corrected chi connectivity index (χ3v) is 7.47. The van der Waals surface area contributed by atoms with Gasteiger partial charge in [-0.15, -0.1) is 11.3 Å². The molecule has 3 aromatic heterocycles. The molecule has 10 heteroatoms. The van der Waals surface area contributed by atoms with Crippen molar-refractivity contribution in [3.8, 4) is 0 Å². The van der Waals surface area contributed by atoms with Gasteiger partial charge in [0.15, 0.2) is 5.01 Å². The third-order valence-electron chi connectivity index (χ3n) is 6.16. The maximum atomic E-state index is 12.9. The van der Waals surface area contributed by atoms with Crippen LogP contribution in [0.3, 0.4) is 0 Å². The largest absolute Gasteiger partial charge is 0.346 e. The summed E-state index contributed by atoms with van der Waals surface area (Å²) in [5.41, 5.74) is 2.03. The lowest BCUT2D eigenvalue weighted by Gasteiger charge is -2.32. The van der Waals surface area contributed by atoms with Crippen molar-refractivity contribution >= 4 is 40.4 Å². The summed E-state index contributed by atoms with van der Waals surface area (Å²) >= 11 is 7.50. The first-order chi connectivity index (χ1) is 15.5. The number of pyridine rings is 1. The van der Waals surface area contributed by atoms with E-state index >= 15 is 0 Å². The molecule has 2 N–H and O–H groups in total. The topological polar surface area (TPSA) is 91.6 Å². The molecule has 1 saturated carbocycles. The first-order valence-corrected chi connectivity index (χ1v) is 12.1. The summed E-state index contributed by atoms with van der Waals surface area (Å²) in [5.74, 6) is -0.399. The molecule has 3 aromatic rings. The molecule has 0 spiro atoms. The average Bonchev–Trinajstić information content (AvgIpc) is 3.38.